The van der Waals surface area contributed by atoms with Crippen molar-refractivity contribution in [3.63, 3.8) is 0 Å². The van der Waals surface area contributed by atoms with Crippen LogP contribution in [-0.2, 0) is 90.2 Å². The van der Waals surface area contributed by atoms with Gasteiger partial charge in [0, 0.05) is 96.5 Å². The van der Waals surface area contributed by atoms with E-state index >= 15 is 0 Å². The van der Waals surface area contributed by atoms with Crippen LogP contribution in [0.2, 0.25) is 0 Å². The minimum Gasteiger partial charge on any atom is -0.454 e. The Morgan fingerprint density at radius 3 is 1.46 bits per heavy atom. The average Bonchev–Trinajstić information content (AvgIpc) is 1.61. The number of Topliss-reactive ketones (excluding diaryl/α,β-unsaturated/α-hetero) is 4. The molecule has 1 saturated heterocycles. The maximum atomic E-state index is 13.4. The summed E-state index contributed by atoms with van der Waals surface area (Å²) in [6.07, 6.45) is 13.7. The summed E-state index contributed by atoms with van der Waals surface area (Å²) in [5.41, 5.74) is 14.5. The fraction of sp³-hybridized carbons (Fsp3) is 0.311. The highest BCUT2D eigenvalue weighted by Gasteiger charge is 2.55. The van der Waals surface area contributed by atoms with Crippen LogP contribution in [0.5, 0.6) is 34.5 Å². The van der Waals surface area contributed by atoms with Gasteiger partial charge in [0.25, 0.3) is 0 Å². The second kappa shape index (κ2) is 39.0. The lowest BCUT2D eigenvalue weighted by Crippen LogP contribution is -2.39. The number of sulfonamides is 3. The molecule has 4 aliphatic carbocycles. The van der Waals surface area contributed by atoms with Gasteiger partial charge in [-0.05, 0) is 252 Å². The predicted molar refractivity (Wildman–Crippen MR) is 512 cm³/mol. The minimum atomic E-state index is -3.74. The number of rotatable bonds is 30. The number of nitrogens with two attached hydrogens (primary N) is 1. The molecule has 2 atom stereocenters. The Morgan fingerprint density at radius 2 is 0.963 bits per heavy atom. The molecule has 0 unspecified atom stereocenters. The molecule has 0 spiro atoms. The first kappa shape index (κ1) is 94.7. The van der Waals surface area contributed by atoms with Crippen LogP contribution < -0.4 is 38.9 Å². The third-order valence-electron chi connectivity index (χ3n) is 27.4. The lowest BCUT2D eigenvalue weighted by atomic mass is 9.87. The molecule has 1 amide bonds. The van der Waals surface area contributed by atoms with E-state index in [0.717, 1.165) is 154 Å². The number of anilines is 1. The fourth-order valence-corrected chi connectivity index (χ4v) is 21.9. The number of aromatic nitrogens is 4. The van der Waals surface area contributed by atoms with Crippen LogP contribution in [0.15, 0.2) is 252 Å². The Balaban J connectivity index is 0.000000126. The number of pyridine rings is 4. The summed E-state index contributed by atoms with van der Waals surface area (Å²) in [4.78, 5) is 83.4. The van der Waals surface area contributed by atoms with Gasteiger partial charge in [0.2, 0.25) is 56.4 Å². The van der Waals surface area contributed by atoms with Gasteiger partial charge in [0.15, 0.2) is 40.3 Å². The summed E-state index contributed by atoms with van der Waals surface area (Å²) in [6, 6.07) is 66.2. The molecule has 12 aromatic rings. The molecule has 136 heavy (non-hydrogen) atoms. The summed E-state index contributed by atoms with van der Waals surface area (Å²) in [5.74, 6) is 5.14. The molecule has 4 aromatic heterocycles. The number of hydrogen-bond donors (Lipinski definition) is 4. The summed E-state index contributed by atoms with van der Waals surface area (Å²) in [5, 5.41) is 27.3. The van der Waals surface area contributed by atoms with E-state index < -0.39 is 57.8 Å². The van der Waals surface area contributed by atoms with Gasteiger partial charge in [-0.25, -0.2) is 35.4 Å². The van der Waals surface area contributed by atoms with Crippen LogP contribution in [0.3, 0.4) is 0 Å². The number of carbonyl (C=O) groups is 5. The smallest absolute Gasteiger partial charge is 0.243 e. The Labute approximate surface area is 791 Å². The van der Waals surface area contributed by atoms with Crippen LogP contribution >= 0.6 is 0 Å². The highest BCUT2D eigenvalue weighted by molar-refractivity contribution is 7.89. The van der Waals surface area contributed by atoms with Crippen molar-refractivity contribution in [3.05, 3.63) is 298 Å². The number of aliphatic hydroxyl groups is 2. The van der Waals surface area contributed by atoms with Crippen LogP contribution in [0.25, 0.3) is 44.8 Å². The Hall–Kier alpha value is -13.0. The van der Waals surface area contributed by atoms with E-state index in [1.165, 1.54) is 27.8 Å². The first-order chi connectivity index (χ1) is 65.4. The highest BCUT2D eigenvalue weighted by atomic mass is 32.2. The van der Waals surface area contributed by atoms with Gasteiger partial charge in [-0.1, -0.05) is 135 Å². The third kappa shape index (κ3) is 19.7. The van der Waals surface area contributed by atoms with Gasteiger partial charge >= 0.3 is 0 Å². The van der Waals surface area contributed by atoms with E-state index in [2.05, 4.69) is 20.3 Å². The molecule has 5 fully saturated rings. The van der Waals surface area contributed by atoms with E-state index in [1.807, 2.05) is 179 Å². The number of nitrogens with zero attached hydrogens (tertiary/aromatic N) is 6. The minimum absolute atomic E-state index is 0.0479. The van der Waals surface area contributed by atoms with Crippen LogP contribution in [0.4, 0.5) is 5.82 Å². The van der Waals surface area contributed by atoms with E-state index in [-0.39, 0.29) is 96.2 Å². The normalized spacial score (nSPS) is 16.9. The highest BCUT2D eigenvalue weighted by Crippen LogP contribution is 2.55. The van der Waals surface area contributed by atoms with E-state index in [9.17, 15) is 59.4 Å². The van der Waals surface area contributed by atoms with Crippen molar-refractivity contribution in [3.8, 4) is 79.3 Å². The molecule has 702 valence electrons. The average molecular weight is 1890 g/mol. The maximum Gasteiger partial charge on any atom is 0.243 e. The van der Waals surface area contributed by atoms with Gasteiger partial charge in [0.1, 0.15) is 23.2 Å². The number of benzene rings is 8. The van der Waals surface area contributed by atoms with Crippen LogP contribution in [-0.4, -0.2) is 152 Å². The van der Waals surface area contributed by atoms with Crippen molar-refractivity contribution < 1.29 is 87.9 Å². The van der Waals surface area contributed by atoms with Gasteiger partial charge < -0.3 is 44.0 Å². The lowest BCUT2D eigenvalue weighted by molar-refractivity contribution is -0.121. The number of primary sulfonamides is 1. The fourth-order valence-electron chi connectivity index (χ4n) is 18.4. The van der Waals surface area contributed by atoms with Crippen molar-refractivity contribution in [2.75, 3.05) is 52.5 Å². The summed E-state index contributed by atoms with van der Waals surface area (Å²) >= 11 is 0. The summed E-state index contributed by atoms with van der Waals surface area (Å²) < 4.78 is 110. The number of carbonyl (C=O) groups excluding carboxylic acids is 5. The molecule has 27 nitrogen and oxygen atoms in total. The molecule has 0 radical (unpaired) electrons. The van der Waals surface area contributed by atoms with Gasteiger partial charge in [0.05, 0.1) is 66.6 Å². The number of aliphatic hydroxyl groups excluding tert-OH is 2. The number of ether oxygens (including phenoxy) is 6. The zero-order valence-electron chi connectivity index (χ0n) is 76.3. The number of amides is 1. The van der Waals surface area contributed by atoms with E-state index in [0.29, 0.717) is 83.0 Å². The van der Waals surface area contributed by atoms with Crippen molar-refractivity contribution in [1.29, 1.82) is 0 Å². The van der Waals surface area contributed by atoms with Crippen molar-refractivity contribution >= 4 is 64.9 Å². The van der Waals surface area contributed by atoms with Gasteiger partial charge in [-0.15, -0.1) is 0 Å². The zero-order valence-corrected chi connectivity index (χ0v) is 78.8. The summed E-state index contributed by atoms with van der Waals surface area (Å²) in [6.45, 7) is 10.1. The maximum absolute atomic E-state index is 13.4. The molecule has 4 saturated carbocycles. The first-order valence-electron chi connectivity index (χ1n) is 45.6. The largest absolute Gasteiger partial charge is 0.454 e. The number of ketones is 4. The van der Waals surface area contributed by atoms with Gasteiger partial charge in [-0.2, -0.15) is 8.61 Å². The molecule has 30 heteroatoms. The molecule has 20 rings (SSSR count). The number of hydrogen-bond acceptors (Lipinski definition) is 23. The summed E-state index contributed by atoms with van der Waals surface area (Å²) in [7, 11) is -9.65. The Kier molecular flexibility index (Phi) is 27.1. The van der Waals surface area contributed by atoms with E-state index in [4.69, 9.17) is 38.5 Å². The quantitative estimate of drug-likeness (QED) is 0.0304. The standard InChI is InChI=1S/C29H32N2O6S.C26H27N3O4S.C26H23NO4.C25H24N2O5S/c1-3-5-23(18-32)31(2)38(34,35)24-11-8-20(9-12-24)25-7-4-6-22(30-25)17-28(33)29(14-15-29)21-10-13-26-27(16-21)37-19-36-26;30-18-21-8-5-17-29(21)34(32,33)22-13-11-19(12-14-22)23-9-4-10-24(27-23)28-25(31)26(15-16-26)20-6-2-1-3-7-20;1-16-11-21(27-14-22(16)19-5-3-18(4-6-19)17(2)28)13-25(29)26(9-10-26)20-7-8-23-24(12-20)31-15-30-23;1-15-16(2)21(27-13-20(15)17-3-6-19(7-4-17)33(26,29)30)12-24(28)25(9-10-25)18-5-8-22-23(11-18)32-14-31-22/h4,6-13,16,23,32H,3,5,14-15,17-19H2,1-2H3;1-4,6-7,9-14,21,30H,5,8,15-18H2,(H,27,28,31);3-8,11-12,14H,9-10,13,15H2,1-2H3;3-8,11,13H,9-10,12,14H2,1-2H3,(H2,26,29,30)/t23-;21-;;/m11../s1. The molecular formula is C106H106N8O19S3. The van der Waals surface area contributed by atoms with Crippen LogP contribution in [0.1, 0.15) is 157 Å². The Morgan fingerprint density at radius 1 is 0.493 bits per heavy atom. The third-order valence-corrected chi connectivity index (χ3v) is 32.2. The van der Waals surface area contributed by atoms with E-state index in [1.54, 1.807) is 79.9 Å². The molecule has 8 heterocycles. The van der Waals surface area contributed by atoms with Gasteiger partial charge in [-0.3, -0.25) is 38.9 Å². The number of nitrogens with one attached hydrogen (secondary N) is 1. The lowest BCUT2D eigenvalue weighted by Gasteiger charge is -2.25. The molecule has 8 aliphatic rings. The molecule has 4 aliphatic heterocycles. The monoisotopic (exact) mass is 1890 g/mol. The Bertz CT molecular complexity index is 6950. The molecule has 8 aromatic carbocycles. The second-order valence-electron chi connectivity index (χ2n) is 35.9. The number of likely N-dealkylation sites (N-methyl/N-ethyl adjacent to an activating group) is 1. The topological polar surface area (TPSA) is 380 Å². The van der Waals surface area contributed by atoms with Crippen molar-refractivity contribution in [1.82, 2.24) is 28.5 Å². The number of aryl methyl sites for hydroxylation is 1. The molecule has 0 bridgehead atoms. The zero-order chi connectivity index (χ0) is 95.6. The second-order valence-corrected chi connectivity index (χ2v) is 41.4. The van der Waals surface area contributed by atoms with Crippen LogP contribution in [0, 0.1) is 20.8 Å². The predicted octanol–water partition coefficient (Wildman–Crippen LogP) is 16.1. The SMILES string of the molecule is CC(=O)c1ccc(-c2cnc(CC(=O)C3(c4ccc5c(c4)OCO5)CC3)cc2C)cc1.CCC[C@H](CO)N(C)S(=O)(=O)c1ccc(-c2cccc(CC(=O)C3(c4ccc5c(c4)OCO5)CC3)n2)cc1.Cc1c(-c2ccc(S(N)(=O)=O)cc2)cnc(CC(=O)C2(c3ccc4c(c3)OCO4)CC2)c1C.O=C(Nc1cccc(-c2ccc(S(=O)(=O)N3CCC[C@@H]3CO)cc2)n1)C1(c2ccccc2)CC1. The molecular weight excluding hydrogens is 1790 g/mol. The molecule has 5 N–H and O–H groups in total. The first-order valence-corrected chi connectivity index (χ1v) is 50.0. The van der Waals surface area contributed by atoms with Crippen molar-refractivity contribution in [2.24, 2.45) is 5.14 Å². The number of fused-ring (bicyclic) bond motifs is 3. The van der Waals surface area contributed by atoms with Crippen molar-refractivity contribution in [2.45, 2.75) is 179 Å².